The number of fused-ring (bicyclic) bond motifs is 3. The lowest BCUT2D eigenvalue weighted by Gasteiger charge is -2.25. The van der Waals surface area contributed by atoms with Gasteiger partial charge in [0, 0.05) is 17.8 Å². The first-order valence-electron chi connectivity index (χ1n) is 12.0. The maximum absolute atomic E-state index is 14.1. The van der Waals surface area contributed by atoms with Gasteiger partial charge >= 0.3 is 6.18 Å². The molecule has 32 heavy (non-hydrogen) atoms. The molecule has 1 N–H and O–H groups in total. The van der Waals surface area contributed by atoms with Gasteiger partial charge in [0.25, 0.3) is 0 Å². The molecule has 1 saturated carbocycles. The van der Waals surface area contributed by atoms with E-state index in [1.54, 1.807) is 6.07 Å². The van der Waals surface area contributed by atoms with Crippen LogP contribution in [0.25, 0.3) is 21.9 Å². The number of aromatic nitrogens is 3. The Hall–Kier alpha value is -2.15. The van der Waals surface area contributed by atoms with Crippen molar-refractivity contribution in [3.05, 3.63) is 35.3 Å². The van der Waals surface area contributed by atoms with Crippen molar-refractivity contribution < 1.29 is 13.2 Å². The molecule has 4 nitrogen and oxygen atoms in total. The summed E-state index contributed by atoms with van der Waals surface area (Å²) < 4.78 is 44.4. The van der Waals surface area contributed by atoms with Crippen molar-refractivity contribution in [3.63, 3.8) is 0 Å². The standard InChI is InChI=1S/C25H31F3N4/c1-16-7-8-19-20(15-16)30-23(25(26,27)28)21-22(19)32(14-11-17-9-12-29-13-10-17)24(31-21)18-5-3-2-4-6-18/h7-8,15,17-18,29H,2-6,9-14H2,1H3. The van der Waals surface area contributed by atoms with E-state index in [0.717, 1.165) is 81.4 Å². The summed E-state index contributed by atoms with van der Waals surface area (Å²) in [4.78, 5) is 8.78. The van der Waals surface area contributed by atoms with E-state index in [2.05, 4.69) is 14.9 Å². The molecule has 5 rings (SSSR count). The first-order chi connectivity index (χ1) is 15.4. The zero-order valence-electron chi connectivity index (χ0n) is 18.6. The van der Waals surface area contributed by atoms with Gasteiger partial charge in [-0.1, -0.05) is 31.4 Å². The van der Waals surface area contributed by atoms with Gasteiger partial charge in [-0.3, -0.25) is 0 Å². The van der Waals surface area contributed by atoms with Crippen molar-refractivity contribution in [3.8, 4) is 0 Å². The number of piperidine rings is 1. The molecular formula is C25H31F3N4. The zero-order valence-corrected chi connectivity index (χ0v) is 18.6. The molecule has 0 radical (unpaired) electrons. The second kappa shape index (κ2) is 8.65. The predicted octanol–water partition coefficient (Wildman–Crippen LogP) is 6.35. The highest BCUT2D eigenvalue weighted by molar-refractivity contribution is 6.04. The summed E-state index contributed by atoms with van der Waals surface area (Å²) in [5.41, 5.74) is 1.12. The van der Waals surface area contributed by atoms with Crippen LogP contribution in [0, 0.1) is 12.8 Å². The van der Waals surface area contributed by atoms with Gasteiger partial charge in [-0.05, 0) is 69.7 Å². The minimum atomic E-state index is -4.53. The normalized spacial score (nSPS) is 19.2. The monoisotopic (exact) mass is 444 g/mol. The Kier molecular flexibility index (Phi) is 5.86. The van der Waals surface area contributed by atoms with E-state index >= 15 is 0 Å². The fourth-order valence-electron chi connectivity index (χ4n) is 5.59. The summed E-state index contributed by atoms with van der Waals surface area (Å²) in [7, 11) is 0. The number of nitrogens with zero attached hydrogens (tertiary/aromatic N) is 3. The van der Waals surface area contributed by atoms with Crippen LogP contribution in [-0.2, 0) is 12.7 Å². The Bertz CT molecular complexity index is 1110. The smallest absolute Gasteiger partial charge is 0.327 e. The molecule has 1 aliphatic heterocycles. The van der Waals surface area contributed by atoms with E-state index < -0.39 is 11.9 Å². The molecule has 0 bridgehead atoms. The highest BCUT2D eigenvalue weighted by Gasteiger charge is 2.38. The molecule has 3 aromatic rings. The maximum atomic E-state index is 14.1. The molecule has 7 heteroatoms. The quantitative estimate of drug-likeness (QED) is 0.510. The molecule has 2 aromatic heterocycles. The lowest BCUT2D eigenvalue weighted by Crippen LogP contribution is -2.28. The van der Waals surface area contributed by atoms with Gasteiger partial charge < -0.3 is 9.88 Å². The second-order valence-corrected chi connectivity index (χ2v) is 9.61. The van der Waals surface area contributed by atoms with Crippen molar-refractivity contribution in [2.24, 2.45) is 5.92 Å². The topological polar surface area (TPSA) is 42.7 Å². The molecule has 172 valence electrons. The molecule has 0 amide bonds. The lowest BCUT2D eigenvalue weighted by atomic mass is 9.88. The largest absolute Gasteiger partial charge is 0.435 e. The van der Waals surface area contributed by atoms with Crippen LogP contribution in [0.2, 0.25) is 0 Å². The number of benzene rings is 1. The number of pyridine rings is 1. The van der Waals surface area contributed by atoms with Gasteiger partial charge in [0.05, 0.1) is 11.0 Å². The Morgan fingerprint density at radius 2 is 1.78 bits per heavy atom. The maximum Gasteiger partial charge on any atom is 0.435 e. The summed E-state index contributed by atoms with van der Waals surface area (Å²) in [6.07, 6.45) is 4.13. The third kappa shape index (κ3) is 4.12. The molecule has 1 aromatic carbocycles. The Balaban J connectivity index is 1.70. The fourth-order valence-corrected chi connectivity index (χ4v) is 5.59. The van der Waals surface area contributed by atoms with Crippen LogP contribution in [0.3, 0.4) is 0 Å². The average molecular weight is 445 g/mol. The summed E-state index contributed by atoms with van der Waals surface area (Å²) >= 11 is 0. The van der Waals surface area contributed by atoms with Crippen LogP contribution >= 0.6 is 0 Å². The van der Waals surface area contributed by atoms with Crippen LogP contribution in [0.1, 0.15) is 74.4 Å². The Morgan fingerprint density at radius 1 is 1.03 bits per heavy atom. The molecule has 1 saturated heterocycles. The number of hydrogen-bond donors (Lipinski definition) is 1. The van der Waals surface area contributed by atoms with E-state index in [0.29, 0.717) is 17.0 Å². The fraction of sp³-hybridized carbons (Fsp3) is 0.600. The number of imidazole rings is 1. The third-order valence-electron chi connectivity index (χ3n) is 7.32. The van der Waals surface area contributed by atoms with Gasteiger partial charge in [-0.25, -0.2) is 9.97 Å². The van der Waals surface area contributed by atoms with Gasteiger partial charge in [-0.2, -0.15) is 13.2 Å². The van der Waals surface area contributed by atoms with Gasteiger partial charge in [0.15, 0.2) is 5.69 Å². The SMILES string of the molecule is Cc1ccc2c(c1)nc(C(F)(F)F)c1nc(C3CCCCC3)n(CCC3CCNCC3)c12. The first kappa shape index (κ1) is 21.7. The minimum absolute atomic E-state index is 0.0275. The number of rotatable bonds is 4. The number of halogens is 3. The van der Waals surface area contributed by atoms with Crippen LogP contribution in [0.5, 0.6) is 0 Å². The van der Waals surface area contributed by atoms with Gasteiger partial charge in [0.1, 0.15) is 11.3 Å². The number of hydrogen-bond acceptors (Lipinski definition) is 3. The summed E-state index contributed by atoms with van der Waals surface area (Å²) in [5, 5.41) is 4.18. The van der Waals surface area contributed by atoms with E-state index in [1.165, 1.54) is 6.42 Å². The minimum Gasteiger partial charge on any atom is -0.327 e. The van der Waals surface area contributed by atoms with Crippen molar-refractivity contribution in [1.82, 2.24) is 19.9 Å². The van der Waals surface area contributed by atoms with E-state index in [4.69, 9.17) is 4.98 Å². The third-order valence-corrected chi connectivity index (χ3v) is 7.32. The van der Waals surface area contributed by atoms with Crippen LogP contribution in [0.15, 0.2) is 18.2 Å². The second-order valence-electron chi connectivity index (χ2n) is 9.61. The molecular weight excluding hydrogens is 413 g/mol. The molecule has 3 heterocycles. The van der Waals surface area contributed by atoms with E-state index in [-0.39, 0.29) is 11.4 Å². The lowest BCUT2D eigenvalue weighted by molar-refractivity contribution is -0.139. The van der Waals surface area contributed by atoms with Crippen LogP contribution < -0.4 is 5.32 Å². The van der Waals surface area contributed by atoms with Crippen molar-refractivity contribution in [2.75, 3.05) is 13.1 Å². The summed E-state index contributed by atoms with van der Waals surface area (Å²) in [6.45, 7) is 4.65. The summed E-state index contributed by atoms with van der Waals surface area (Å²) in [6, 6.07) is 5.64. The molecule has 0 unspecified atom stereocenters. The van der Waals surface area contributed by atoms with Crippen LogP contribution in [-0.4, -0.2) is 27.6 Å². The Morgan fingerprint density at radius 3 is 2.50 bits per heavy atom. The molecule has 0 atom stereocenters. The molecule has 1 aliphatic carbocycles. The number of alkyl halides is 3. The zero-order chi connectivity index (χ0) is 22.3. The molecule has 2 fully saturated rings. The Labute approximate surface area is 186 Å². The van der Waals surface area contributed by atoms with E-state index in [1.807, 2.05) is 19.1 Å². The predicted molar refractivity (Wildman–Crippen MR) is 121 cm³/mol. The van der Waals surface area contributed by atoms with E-state index in [9.17, 15) is 13.2 Å². The number of aryl methyl sites for hydroxylation is 2. The average Bonchev–Trinajstić information content (AvgIpc) is 3.17. The molecule has 2 aliphatic rings. The first-order valence-corrected chi connectivity index (χ1v) is 12.0. The van der Waals surface area contributed by atoms with Crippen molar-refractivity contribution >= 4 is 21.9 Å². The highest BCUT2D eigenvalue weighted by Crippen LogP contribution is 2.40. The van der Waals surface area contributed by atoms with Gasteiger partial charge in [0.2, 0.25) is 0 Å². The summed E-state index contributed by atoms with van der Waals surface area (Å²) in [5.74, 6) is 1.67. The molecule has 0 spiro atoms. The van der Waals surface area contributed by atoms with Crippen molar-refractivity contribution in [2.45, 2.75) is 76.9 Å². The van der Waals surface area contributed by atoms with Crippen LogP contribution in [0.4, 0.5) is 13.2 Å². The number of nitrogens with one attached hydrogen (secondary N) is 1. The highest BCUT2D eigenvalue weighted by atomic mass is 19.4. The van der Waals surface area contributed by atoms with Gasteiger partial charge in [-0.15, -0.1) is 0 Å². The van der Waals surface area contributed by atoms with Crippen molar-refractivity contribution in [1.29, 1.82) is 0 Å².